The molecule has 6 heteroatoms. The Morgan fingerprint density at radius 3 is 2.54 bits per heavy atom. The number of halogens is 1. The molecule has 0 unspecified atom stereocenters. The Hall–Kier alpha value is -3.80. The summed E-state index contributed by atoms with van der Waals surface area (Å²) < 4.78 is 19.5. The zero-order valence-corrected chi connectivity index (χ0v) is 14.7. The number of benzene rings is 2. The minimum absolute atomic E-state index is 0.0746. The van der Waals surface area contributed by atoms with Gasteiger partial charge in [0.15, 0.2) is 0 Å². The molecule has 0 saturated heterocycles. The van der Waals surface area contributed by atoms with Gasteiger partial charge in [-0.25, -0.2) is 14.2 Å². The molecule has 2 aromatic carbocycles. The second kappa shape index (κ2) is 7.44. The van der Waals surface area contributed by atoms with Crippen molar-refractivity contribution in [1.29, 1.82) is 0 Å². The molecular weight excluding hydrogens is 359 g/mol. The van der Waals surface area contributed by atoms with E-state index >= 15 is 0 Å². The number of hydrogen-bond donors (Lipinski definition) is 0. The van der Waals surface area contributed by atoms with Gasteiger partial charge in [-0.1, -0.05) is 42.5 Å². The van der Waals surface area contributed by atoms with Gasteiger partial charge in [0.25, 0.3) is 5.91 Å². The van der Waals surface area contributed by atoms with Crippen LogP contribution in [0.4, 0.5) is 10.2 Å². The molecule has 0 atom stereocenters. The van der Waals surface area contributed by atoms with Crippen molar-refractivity contribution < 1.29 is 13.6 Å². The molecular formula is C22H15FN2O3. The number of carbonyl (C=O) groups is 1. The molecule has 2 heterocycles. The number of fused-ring (bicyclic) bond motifs is 1. The summed E-state index contributed by atoms with van der Waals surface area (Å²) in [5, 5.41) is 0.623. The zero-order chi connectivity index (χ0) is 19.5. The van der Waals surface area contributed by atoms with Crippen LogP contribution in [0.15, 0.2) is 88.2 Å². The van der Waals surface area contributed by atoms with Crippen LogP contribution in [-0.4, -0.2) is 10.9 Å². The maximum atomic E-state index is 14.2. The van der Waals surface area contributed by atoms with E-state index in [1.54, 1.807) is 60.7 Å². The molecule has 4 rings (SSSR count). The van der Waals surface area contributed by atoms with Crippen molar-refractivity contribution in [3.63, 3.8) is 0 Å². The van der Waals surface area contributed by atoms with Crippen LogP contribution in [0.5, 0.6) is 0 Å². The third kappa shape index (κ3) is 3.40. The number of aromatic nitrogens is 1. The molecule has 5 nitrogen and oxygen atoms in total. The lowest BCUT2D eigenvalue weighted by molar-refractivity contribution is 0.0980. The van der Waals surface area contributed by atoms with E-state index in [0.717, 1.165) is 0 Å². The summed E-state index contributed by atoms with van der Waals surface area (Å²) in [6.45, 7) is -0.0746. The molecule has 2 aromatic heterocycles. The first kappa shape index (κ1) is 17.6. The average Bonchev–Trinajstić information content (AvgIpc) is 2.73. The van der Waals surface area contributed by atoms with Gasteiger partial charge >= 0.3 is 5.63 Å². The lowest BCUT2D eigenvalue weighted by Gasteiger charge is -2.21. The topological polar surface area (TPSA) is 63.4 Å². The second-order valence-corrected chi connectivity index (χ2v) is 6.16. The normalized spacial score (nSPS) is 10.8. The van der Waals surface area contributed by atoms with Crippen molar-refractivity contribution >= 4 is 22.7 Å². The number of para-hydroxylation sites is 1. The van der Waals surface area contributed by atoms with Crippen molar-refractivity contribution in [1.82, 2.24) is 4.98 Å². The van der Waals surface area contributed by atoms with Crippen molar-refractivity contribution in [3.05, 3.63) is 106 Å². The molecule has 4 aromatic rings. The van der Waals surface area contributed by atoms with Crippen molar-refractivity contribution in [3.8, 4) is 0 Å². The van der Waals surface area contributed by atoms with Crippen molar-refractivity contribution in [2.45, 2.75) is 6.54 Å². The van der Waals surface area contributed by atoms with Crippen LogP contribution < -0.4 is 10.5 Å². The fourth-order valence-corrected chi connectivity index (χ4v) is 2.92. The standard InChI is InChI=1S/C22H15FN2O3/c23-18-9-3-1-8-16(18)14-25(20-11-5-6-12-24-20)21(26)17-13-15-7-2-4-10-19(15)28-22(17)27/h1-13H,14H2. The van der Waals surface area contributed by atoms with E-state index < -0.39 is 17.3 Å². The summed E-state index contributed by atoms with van der Waals surface area (Å²) in [5.74, 6) is -0.744. The van der Waals surface area contributed by atoms with E-state index in [0.29, 0.717) is 22.4 Å². The summed E-state index contributed by atoms with van der Waals surface area (Å²) >= 11 is 0. The van der Waals surface area contributed by atoms with E-state index in [2.05, 4.69) is 4.98 Å². The first-order valence-electron chi connectivity index (χ1n) is 8.63. The smallest absolute Gasteiger partial charge is 0.349 e. The van der Waals surface area contributed by atoms with Crippen LogP contribution in [0.1, 0.15) is 15.9 Å². The number of anilines is 1. The summed E-state index contributed by atoms with van der Waals surface area (Å²) in [7, 11) is 0. The maximum Gasteiger partial charge on any atom is 0.349 e. The molecule has 0 spiro atoms. The van der Waals surface area contributed by atoms with E-state index in [1.165, 1.54) is 23.2 Å². The van der Waals surface area contributed by atoms with Gasteiger partial charge in [0.1, 0.15) is 22.8 Å². The van der Waals surface area contributed by atoms with Crippen LogP contribution in [-0.2, 0) is 6.54 Å². The predicted octanol–water partition coefficient (Wildman–Crippen LogP) is 4.17. The van der Waals surface area contributed by atoms with Crippen LogP contribution in [0.2, 0.25) is 0 Å². The van der Waals surface area contributed by atoms with Crippen molar-refractivity contribution in [2.75, 3.05) is 4.90 Å². The Kier molecular flexibility index (Phi) is 4.68. The monoisotopic (exact) mass is 374 g/mol. The SMILES string of the molecule is O=C(c1cc2ccccc2oc1=O)N(Cc1ccccc1F)c1ccccn1. The van der Waals surface area contributed by atoms with Crippen LogP contribution >= 0.6 is 0 Å². The fourth-order valence-electron chi connectivity index (χ4n) is 2.92. The number of hydrogen-bond acceptors (Lipinski definition) is 4. The predicted molar refractivity (Wildman–Crippen MR) is 104 cm³/mol. The van der Waals surface area contributed by atoms with Crippen LogP contribution in [0, 0.1) is 5.82 Å². The van der Waals surface area contributed by atoms with Gasteiger partial charge < -0.3 is 4.42 Å². The lowest BCUT2D eigenvalue weighted by Crippen LogP contribution is -2.34. The molecule has 0 aliphatic heterocycles. The highest BCUT2D eigenvalue weighted by Gasteiger charge is 2.24. The lowest BCUT2D eigenvalue weighted by atomic mass is 10.1. The molecule has 0 radical (unpaired) electrons. The maximum absolute atomic E-state index is 14.2. The Morgan fingerprint density at radius 1 is 1.00 bits per heavy atom. The summed E-state index contributed by atoms with van der Waals surface area (Å²) in [6, 6.07) is 19.6. The third-order valence-corrected chi connectivity index (χ3v) is 4.33. The number of pyridine rings is 1. The molecule has 0 bridgehead atoms. The largest absolute Gasteiger partial charge is 0.422 e. The molecule has 138 valence electrons. The molecule has 0 fully saturated rings. The molecule has 0 aliphatic carbocycles. The van der Waals surface area contributed by atoms with E-state index in [1.807, 2.05) is 0 Å². The Balaban J connectivity index is 1.80. The Labute approximate surface area is 159 Å². The molecule has 0 N–H and O–H groups in total. The zero-order valence-electron chi connectivity index (χ0n) is 14.7. The first-order valence-corrected chi connectivity index (χ1v) is 8.63. The van der Waals surface area contributed by atoms with E-state index in [9.17, 15) is 14.0 Å². The van der Waals surface area contributed by atoms with E-state index in [4.69, 9.17) is 4.42 Å². The van der Waals surface area contributed by atoms with E-state index in [-0.39, 0.29) is 12.1 Å². The number of nitrogens with zero attached hydrogens (tertiary/aromatic N) is 2. The Morgan fingerprint density at radius 2 is 1.75 bits per heavy atom. The minimum Gasteiger partial charge on any atom is -0.422 e. The number of rotatable bonds is 4. The minimum atomic E-state index is -0.752. The second-order valence-electron chi connectivity index (χ2n) is 6.16. The highest BCUT2D eigenvalue weighted by molar-refractivity contribution is 6.06. The summed E-state index contributed by atoms with van der Waals surface area (Å²) in [6.07, 6.45) is 1.53. The van der Waals surface area contributed by atoms with Crippen molar-refractivity contribution in [2.24, 2.45) is 0 Å². The quantitative estimate of drug-likeness (QED) is 0.503. The molecule has 0 aliphatic rings. The van der Waals surface area contributed by atoms with Gasteiger partial charge in [-0.2, -0.15) is 0 Å². The molecule has 1 amide bonds. The fraction of sp³-hybridized carbons (Fsp3) is 0.0455. The Bertz CT molecular complexity index is 1210. The van der Waals surface area contributed by atoms with Crippen LogP contribution in [0.3, 0.4) is 0 Å². The van der Waals surface area contributed by atoms with Gasteiger partial charge in [0, 0.05) is 17.1 Å². The van der Waals surface area contributed by atoms with Gasteiger partial charge in [-0.05, 0) is 30.3 Å². The molecule has 0 saturated carbocycles. The molecule has 28 heavy (non-hydrogen) atoms. The number of carbonyl (C=O) groups excluding carboxylic acids is 1. The summed E-state index contributed by atoms with van der Waals surface area (Å²) in [4.78, 5) is 31.1. The highest BCUT2D eigenvalue weighted by atomic mass is 19.1. The van der Waals surface area contributed by atoms with Gasteiger partial charge in [-0.15, -0.1) is 0 Å². The van der Waals surface area contributed by atoms with Crippen LogP contribution in [0.25, 0.3) is 11.0 Å². The third-order valence-electron chi connectivity index (χ3n) is 4.33. The number of amides is 1. The average molecular weight is 374 g/mol. The highest BCUT2D eigenvalue weighted by Crippen LogP contribution is 2.20. The summed E-state index contributed by atoms with van der Waals surface area (Å²) in [5.41, 5.74) is -0.187. The van der Waals surface area contributed by atoms with Gasteiger partial charge in [-0.3, -0.25) is 9.69 Å². The van der Waals surface area contributed by atoms with Gasteiger partial charge in [0.05, 0.1) is 6.54 Å². The van der Waals surface area contributed by atoms with Gasteiger partial charge in [0.2, 0.25) is 0 Å². The first-order chi connectivity index (χ1) is 13.6.